The van der Waals surface area contributed by atoms with E-state index in [2.05, 4.69) is 29.4 Å². The zero-order chi connectivity index (χ0) is 15.6. The van der Waals surface area contributed by atoms with Gasteiger partial charge in [0.2, 0.25) is 5.91 Å². The van der Waals surface area contributed by atoms with Gasteiger partial charge in [0.15, 0.2) is 10.8 Å². The highest BCUT2D eigenvalue weighted by atomic mass is 35.5. The van der Waals surface area contributed by atoms with Crippen molar-refractivity contribution in [1.29, 1.82) is 0 Å². The molecule has 8 heteroatoms. The summed E-state index contributed by atoms with van der Waals surface area (Å²) in [6.45, 7) is 6.11. The molecular weight excluding hydrogens is 331 g/mol. The van der Waals surface area contributed by atoms with E-state index in [-0.39, 0.29) is 17.7 Å². The number of hydrogen-bond acceptors (Lipinski definition) is 4. The van der Waals surface area contributed by atoms with Gasteiger partial charge < -0.3 is 5.32 Å². The smallest absolute Gasteiger partial charge is 0.230 e. The van der Waals surface area contributed by atoms with Crippen molar-refractivity contribution >= 4 is 46.5 Å². The lowest BCUT2D eigenvalue weighted by atomic mass is 10.1. The SMILES string of the molecule is CC(C)[C@H](C)NC(=O)CSc1nnc2c(Cl)cc(Cl)cn12. The number of carbonyl (C=O) groups is 1. The quantitative estimate of drug-likeness (QED) is 0.844. The molecular formula is C13H16Cl2N4OS. The molecule has 0 radical (unpaired) electrons. The van der Waals surface area contributed by atoms with Crippen molar-refractivity contribution in [3.63, 3.8) is 0 Å². The predicted octanol–water partition coefficient (Wildman–Crippen LogP) is 3.29. The highest BCUT2D eigenvalue weighted by Gasteiger charge is 2.14. The summed E-state index contributed by atoms with van der Waals surface area (Å²) in [5.41, 5.74) is 0.527. The van der Waals surface area contributed by atoms with Crippen molar-refractivity contribution in [2.45, 2.75) is 32.0 Å². The molecule has 0 unspecified atom stereocenters. The lowest BCUT2D eigenvalue weighted by molar-refractivity contribution is -0.119. The van der Waals surface area contributed by atoms with Gasteiger partial charge in [-0.3, -0.25) is 9.20 Å². The Kier molecular flexibility index (Phi) is 5.35. The van der Waals surface area contributed by atoms with Crippen LogP contribution in [0.15, 0.2) is 17.4 Å². The maximum atomic E-state index is 11.9. The van der Waals surface area contributed by atoms with Crippen molar-refractivity contribution < 1.29 is 4.79 Å². The molecule has 0 bridgehead atoms. The molecule has 0 saturated heterocycles. The first-order valence-electron chi connectivity index (χ1n) is 6.50. The standard InChI is InChI=1S/C13H16Cl2N4OS/c1-7(2)8(3)16-11(20)6-21-13-18-17-12-10(15)4-9(14)5-19(12)13/h4-5,7-8H,6H2,1-3H3,(H,16,20)/t8-/m0/s1. The molecule has 1 amide bonds. The molecule has 0 aliphatic rings. The molecule has 0 aliphatic carbocycles. The number of pyridine rings is 1. The molecule has 2 aromatic heterocycles. The lowest BCUT2D eigenvalue weighted by Crippen LogP contribution is -2.37. The number of carbonyl (C=O) groups excluding carboxylic acids is 1. The number of aromatic nitrogens is 3. The Hall–Kier alpha value is -0.980. The van der Waals surface area contributed by atoms with Gasteiger partial charge in [-0.15, -0.1) is 10.2 Å². The van der Waals surface area contributed by atoms with Crippen LogP contribution in [0.3, 0.4) is 0 Å². The maximum absolute atomic E-state index is 11.9. The minimum absolute atomic E-state index is 0.0360. The fraction of sp³-hybridized carbons (Fsp3) is 0.462. The molecule has 0 spiro atoms. The molecule has 114 valence electrons. The summed E-state index contributed by atoms with van der Waals surface area (Å²) in [5.74, 6) is 0.624. The van der Waals surface area contributed by atoms with Gasteiger partial charge in [-0.05, 0) is 18.9 Å². The van der Waals surface area contributed by atoms with Gasteiger partial charge >= 0.3 is 0 Å². The summed E-state index contributed by atoms with van der Waals surface area (Å²) < 4.78 is 1.69. The summed E-state index contributed by atoms with van der Waals surface area (Å²) in [4.78, 5) is 11.9. The van der Waals surface area contributed by atoms with Crippen molar-refractivity contribution in [2.24, 2.45) is 5.92 Å². The fourth-order valence-corrected chi connectivity index (χ4v) is 2.82. The van der Waals surface area contributed by atoms with Crippen LogP contribution in [0.5, 0.6) is 0 Å². The van der Waals surface area contributed by atoms with Crippen LogP contribution >= 0.6 is 35.0 Å². The third-order valence-corrected chi connectivity index (χ3v) is 4.54. The second kappa shape index (κ2) is 6.85. The van der Waals surface area contributed by atoms with Crippen LogP contribution in [0.4, 0.5) is 0 Å². The zero-order valence-corrected chi connectivity index (χ0v) is 14.3. The Balaban J connectivity index is 2.06. The van der Waals surface area contributed by atoms with Gasteiger partial charge in [-0.25, -0.2) is 0 Å². The first-order chi connectivity index (χ1) is 9.88. The zero-order valence-electron chi connectivity index (χ0n) is 11.9. The van der Waals surface area contributed by atoms with Crippen molar-refractivity contribution in [3.05, 3.63) is 22.3 Å². The molecule has 21 heavy (non-hydrogen) atoms. The average molecular weight is 347 g/mol. The Morgan fingerprint density at radius 2 is 2.10 bits per heavy atom. The monoisotopic (exact) mass is 346 g/mol. The summed E-state index contributed by atoms with van der Waals surface area (Å²) >= 11 is 13.3. The number of hydrogen-bond donors (Lipinski definition) is 1. The lowest BCUT2D eigenvalue weighted by Gasteiger charge is -2.16. The van der Waals surface area contributed by atoms with E-state index in [1.54, 1.807) is 16.7 Å². The second-order valence-electron chi connectivity index (χ2n) is 5.07. The molecule has 2 heterocycles. The number of rotatable bonds is 5. The average Bonchev–Trinajstić information content (AvgIpc) is 2.79. The highest BCUT2D eigenvalue weighted by molar-refractivity contribution is 7.99. The van der Waals surface area contributed by atoms with Crippen LogP contribution in [0, 0.1) is 5.92 Å². The van der Waals surface area contributed by atoms with Crippen LogP contribution < -0.4 is 5.32 Å². The second-order valence-corrected chi connectivity index (χ2v) is 6.86. The van der Waals surface area contributed by atoms with Gasteiger partial charge in [0.05, 0.1) is 15.8 Å². The summed E-state index contributed by atoms with van der Waals surface area (Å²) in [5, 5.41) is 12.5. The van der Waals surface area contributed by atoms with E-state index in [9.17, 15) is 4.79 Å². The molecule has 5 nitrogen and oxygen atoms in total. The first-order valence-corrected chi connectivity index (χ1v) is 8.24. The van der Waals surface area contributed by atoms with Crippen LogP contribution in [-0.4, -0.2) is 32.3 Å². The molecule has 1 atom stereocenters. The van der Waals surface area contributed by atoms with Crippen LogP contribution in [0.25, 0.3) is 5.65 Å². The van der Waals surface area contributed by atoms with E-state index >= 15 is 0 Å². The van der Waals surface area contributed by atoms with E-state index in [1.165, 1.54) is 11.8 Å². The summed E-state index contributed by atoms with van der Waals surface area (Å²) in [6.07, 6.45) is 1.68. The van der Waals surface area contributed by atoms with E-state index in [0.717, 1.165) is 0 Å². The molecule has 0 aliphatic heterocycles. The summed E-state index contributed by atoms with van der Waals surface area (Å²) in [7, 11) is 0. The van der Waals surface area contributed by atoms with Gasteiger partial charge in [-0.2, -0.15) is 0 Å². The third-order valence-electron chi connectivity index (χ3n) is 3.12. The van der Waals surface area contributed by atoms with Gasteiger partial charge in [-0.1, -0.05) is 48.8 Å². The molecule has 0 fully saturated rings. The van der Waals surface area contributed by atoms with Gasteiger partial charge in [0.25, 0.3) is 0 Å². The predicted molar refractivity (Wildman–Crippen MR) is 86.2 cm³/mol. The van der Waals surface area contributed by atoms with Gasteiger partial charge in [0, 0.05) is 12.2 Å². The Bertz CT molecular complexity index is 659. The van der Waals surface area contributed by atoms with Crippen LogP contribution in [0.2, 0.25) is 10.0 Å². The fourth-order valence-electron chi connectivity index (χ4n) is 1.59. The number of fused-ring (bicyclic) bond motifs is 1. The minimum atomic E-state index is -0.0360. The van der Waals surface area contributed by atoms with E-state index in [1.807, 2.05) is 6.92 Å². The topological polar surface area (TPSA) is 59.3 Å². The minimum Gasteiger partial charge on any atom is -0.353 e. The van der Waals surface area contributed by atoms with Crippen molar-refractivity contribution in [2.75, 3.05) is 5.75 Å². The molecule has 0 saturated carbocycles. The normalized spacial score (nSPS) is 12.9. The van der Waals surface area contributed by atoms with E-state index in [0.29, 0.717) is 26.8 Å². The van der Waals surface area contributed by atoms with Crippen LogP contribution in [0.1, 0.15) is 20.8 Å². The van der Waals surface area contributed by atoms with E-state index in [4.69, 9.17) is 23.2 Å². The molecule has 2 aromatic rings. The third kappa shape index (κ3) is 4.02. The van der Waals surface area contributed by atoms with Gasteiger partial charge in [0.1, 0.15) is 0 Å². The Morgan fingerprint density at radius 1 is 1.38 bits per heavy atom. The highest BCUT2D eigenvalue weighted by Crippen LogP contribution is 2.25. The number of nitrogens with one attached hydrogen (secondary N) is 1. The number of nitrogens with zero attached hydrogens (tertiary/aromatic N) is 3. The van der Waals surface area contributed by atoms with Crippen molar-refractivity contribution in [1.82, 2.24) is 19.9 Å². The summed E-state index contributed by atoms with van der Waals surface area (Å²) in [6, 6.07) is 1.75. The largest absolute Gasteiger partial charge is 0.353 e. The Morgan fingerprint density at radius 3 is 2.76 bits per heavy atom. The number of thioether (sulfide) groups is 1. The molecule has 1 N–H and O–H groups in total. The van der Waals surface area contributed by atoms with Crippen LogP contribution in [-0.2, 0) is 4.79 Å². The molecule has 0 aromatic carbocycles. The number of halogens is 2. The molecule has 2 rings (SSSR count). The van der Waals surface area contributed by atoms with E-state index < -0.39 is 0 Å². The first kappa shape index (κ1) is 16.4. The van der Waals surface area contributed by atoms with Crippen molar-refractivity contribution in [3.8, 4) is 0 Å². The number of amides is 1. The maximum Gasteiger partial charge on any atom is 0.230 e. The Labute approximate surface area is 137 Å².